The van der Waals surface area contributed by atoms with Gasteiger partial charge >= 0.3 is 0 Å². The molecule has 0 saturated heterocycles. The molecule has 1 amide bonds. The Morgan fingerprint density at radius 1 is 1.44 bits per heavy atom. The van der Waals surface area contributed by atoms with Crippen LogP contribution in [0.3, 0.4) is 0 Å². The summed E-state index contributed by atoms with van der Waals surface area (Å²) in [5.41, 5.74) is 0.673. The molecule has 0 aromatic carbocycles. The number of carbonyl (C=O) groups is 1. The number of aryl methyl sites for hydroxylation is 1. The highest BCUT2D eigenvalue weighted by Crippen LogP contribution is 2.28. The van der Waals surface area contributed by atoms with Gasteiger partial charge in [-0.3, -0.25) is 19.6 Å². The lowest BCUT2D eigenvalue weighted by Gasteiger charge is -2.33. The molecule has 0 aliphatic carbocycles. The number of unbranched alkanes of at least 4 members (excludes halogenated alkanes) is 1. The van der Waals surface area contributed by atoms with Crippen molar-refractivity contribution in [1.82, 2.24) is 14.5 Å². The van der Waals surface area contributed by atoms with Crippen molar-refractivity contribution in [2.75, 3.05) is 24.5 Å². The molecule has 0 radical (unpaired) electrons. The molecule has 0 atom stereocenters. The van der Waals surface area contributed by atoms with E-state index in [9.17, 15) is 4.79 Å². The first kappa shape index (κ1) is 11.3. The molecule has 3 heterocycles. The van der Waals surface area contributed by atoms with Crippen molar-refractivity contribution in [3.8, 4) is 0 Å². The number of fused-ring (bicyclic) bond motifs is 3. The van der Waals surface area contributed by atoms with E-state index >= 15 is 0 Å². The summed E-state index contributed by atoms with van der Waals surface area (Å²) in [7, 11) is 1.86. The third kappa shape index (κ3) is 1.45. The maximum atomic E-state index is 12.5. The van der Waals surface area contributed by atoms with E-state index in [2.05, 4.69) is 16.9 Å². The van der Waals surface area contributed by atoms with Gasteiger partial charge in [0.2, 0.25) is 5.96 Å². The number of carbonyl (C=O) groups excluding carboxylic acids is 1. The summed E-state index contributed by atoms with van der Waals surface area (Å²) in [6.45, 7) is 4.41. The molecule has 0 spiro atoms. The van der Waals surface area contributed by atoms with E-state index in [0.29, 0.717) is 5.69 Å². The second-order valence-electron chi connectivity index (χ2n) is 4.67. The number of hydrogen-bond donors (Lipinski definition) is 0. The molecular formula is C12H17N5O. The van der Waals surface area contributed by atoms with Crippen LogP contribution in [0.5, 0.6) is 0 Å². The Morgan fingerprint density at radius 2 is 2.28 bits per heavy atom. The fourth-order valence-electron chi connectivity index (χ4n) is 2.47. The minimum Gasteiger partial charge on any atom is -0.328 e. The zero-order chi connectivity index (χ0) is 12.7. The summed E-state index contributed by atoms with van der Waals surface area (Å²) in [5.74, 6) is 1.56. The average molecular weight is 247 g/mol. The van der Waals surface area contributed by atoms with Gasteiger partial charge in [-0.05, 0) is 6.42 Å². The first-order valence-corrected chi connectivity index (χ1v) is 6.39. The Balaban J connectivity index is 2.03. The second kappa shape index (κ2) is 4.12. The van der Waals surface area contributed by atoms with Crippen LogP contribution < -0.4 is 4.90 Å². The van der Waals surface area contributed by atoms with Crippen molar-refractivity contribution in [3.05, 3.63) is 12.0 Å². The predicted octanol–water partition coefficient (Wildman–Crippen LogP) is 0.852. The molecule has 0 N–H and O–H groups in total. The predicted molar refractivity (Wildman–Crippen MR) is 68.8 cm³/mol. The number of hydrogen-bond acceptors (Lipinski definition) is 4. The number of rotatable bonds is 3. The van der Waals surface area contributed by atoms with Gasteiger partial charge in [-0.25, -0.2) is 4.98 Å². The lowest BCUT2D eigenvalue weighted by atomic mass is 10.2. The summed E-state index contributed by atoms with van der Waals surface area (Å²) in [6, 6.07) is 0. The van der Waals surface area contributed by atoms with Gasteiger partial charge in [0.15, 0.2) is 11.5 Å². The van der Waals surface area contributed by atoms with Crippen LogP contribution in [-0.4, -0.2) is 46.0 Å². The first-order valence-electron chi connectivity index (χ1n) is 6.39. The number of guanidine groups is 1. The Kier molecular flexibility index (Phi) is 2.57. The van der Waals surface area contributed by atoms with Crippen LogP contribution in [0.2, 0.25) is 0 Å². The molecule has 6 heteroatoms. The average Bonchev–Trinajstić information content (AvgIpc) is 2.95. The van der Waals surface area contributed by atoms with Crippen LogP contribution >= 0.6 is 0 Å². The van der Waals surface area contributed by atoms with Gasteiger partial charge < -0.3 is 4.57 Å². The highest BCUT2D eigenvalue weighted by atomic mass is 16.2. The number of nitrogens with zero attached hydrogens (tertiary/aromatic N) is 5. The Labute approximate surface area is 106 Å². The van der Waals surface area contributed by atoms with E-state index in [1.807, 2.05) is 11.9 Å². The zero-order valence-electron chi connectivity index (χ0n) is 10.8. The topological polar surface area (TPSA) is 53.7 Å². The van der Waals surface area contributed by atoms with Gasteiger partial charge in [-0.2, -0.15) is 0 Å². The molecule has 2 aliphatic heterocycles. The molecule has 0 saturated carbocycles. The molecule has 2 aliphatic rings. The summed E-state index contributed by atoms with van der Waals surface area (Å²) in [4.78, 5) is 25.1. The van der Waals surface area contributed by atoms with Crippen LogP contribution in [0.15, 0.2) is 11.3 Å². The van der Waals surface area contributed by atoms with E-state index in [1.54, 1.807) is 15.8 Å². The number of aliphatic imine (C=N–C) groups is 1. The summed E-state index contributed by atoms with van der Waals surface area (Å²) in [5, 5.41) is 0. The maximum Gasteiger partial charge on any atom is 0.281 e. The molecule has 0 fully saturated rings. The van der Waals surface area contributed by atoms with Crippen LogP contribution in [0.4, 0.5) is 5.82 Å². The molecular weight excluding hydrogens is 230 g/mol. The maximum absolute atomic E-state index is 12.5. The summed E-state index contributed by atoms with van der Waals surface area (Å²) in [6.07, 6.45) is 3.75. The van der Waals surface area contributed by atoms with Crippen molar-refractivity contribution in [2.45, 2.75) is 19.8 Å². The Morgan fingerprint density at radius 3 is 3.06 bits per heavy atom. The normalized spacial score (nSPS) is 17.9. The Bertz CT molecular complexity index is 519. The van der Waals surface area contributed by atoms with Gasteiger partial charge in [0.1, 0.15) is 0 Å². The minimum atomic E-state index is 0.0235. The molecule has 0 unspecified atom stereocenters. The van der Waals surface area contributed by atoms with Gasteiger partial charge in [-0.1, -0.05) is 13.3 Å². The van der Waals surface area contributed by atoms with Crippen LogP contribution in [0.25, 0.3) is 0 Å². The first-order chi connectivity index (χ1) is 8.74. The van der Waals surface area contributed by atoms with Crippen LogP contribution in [0, 0.1) is 0 Å². The Hall–Kier alpha value is -1.85. The molecule has 1 aromatic rings. The van der Waals surface area contributed by atoms with Crippen molar-refractivity contribution in [1.29, 1.82) is 0 Å². The fraction of sp³-hybridized carbons (Fsp3) is 0.583. The largest absolute Gasteiger partial charge is 0.328 e. The SMILES string of the molecule is CCCCN1C(=O)c2c(ncn2C)N2CCN=C12. The smallest absolute Gasteiger partial charge is 0.281 e. The van der Waals surface area contributed by atoms with Gasteiger partial charge in [0.25, 0.3) is 5.91 Å². The molecule has 0 bridgehead atoms. The highest BCUT2D eigenvalue weighted by Gasteiger charge is 2.39. The number of aromatic nitrogens is 2. The summed E-state index contributed by atoms with van der Waals surface area (Å²) < 4.78 is 1.80. The van der Waals surface area contributed by atoms with Crippen LogP contribution in [-0.2, 0) is 7.05 Å². The third-order valence-electron chi connectivity index (χ3n) is 3.42. The number of anilines is 1. The second-order valence-corrected chi connectivity index (χ2v) is 4.67. The number of amides is 1. The van der Waals surface area contributed by atoms with E-state index in [4.69, 9.17) is 0 Å². The third-order valence-corrected chi connectivity index (χ3v) is 3.42. The fourth-order valence-corrected chi connectivity index (χ4v) is 2.47. The zero-order valence-corrected chi connectivity index (χ0v) is 10.8. The molecule has 1 aromatic heterocycles. The van der Waals surface area contributed by atoms with Crippen molar-refractivity contribution in [3.63, 3.8) is 0 Å². The molecule has 3 rings (SSSR count). The van der Waals surface area contributed by atoms with Gasteiger partial charge in [0.05, 0.1) is 12.9 Å². The van der Waals surface area contributed by atoms with E-state index in [0.717, 1.165) is 44.3 Å². The van der Waals surface area contributed by atoms with E-state index < -0.39 is 0 Å². The molecule has 18 heavy (non-hydrogen) atoms. The van der Waals surface area contributed by atoms with Crippen molar-refractivity contribution in [2.24, 2.45) is 12.0 Å². The van der Waals surface area contributed by atoms with E-state index in [-0.39, 0.29) is 5.91 Å². The van der Waals surface area contributed by atoms with Crippen LogP contribution in [0.1, 0.15) is 30.3 Å². The standard InChI is InChI=1S/C12H17N5O/c1-3-4-6-17-11(18)9-10(14-8-15(9)2)16-7-5-13-12(16)17/h8H,3-7H2,1-2H3. The van der Waals surface area contributed by atoms with Gasteiger partial charge in [-0.15, -0.1) is 0 Å². The van der Waals surface area contributed by atoms with Gasteiger partial charge in [0, 0.05) is 20.1 Å². The highest BCUT2D eigenvalue weighted by molar-refractivity contribution is 6.17. The van der Waals surface area contributed by atoms with Crippen molar-refractivity contribution >= 4 is 17.7 Å². The monoisotopic (exact) mass is 247 g/mol. The lowest BCUT2D eigenvalue weighted by Crippen LogP contribution is -2.51. The summed E-state index contributed by atoms with van der Waals surface area (Å²) >= 11 is 0. The lowest BCUT2D eigenvalue weighted by molar-refractivity contribution is 0.0830. The molecule has 96 valence electrons. The van der Waals surface area contributed by atoms with E-state index in [1.165, 1.54) is 0 Å². The minimum absolute atomic E-state index is 0.0235. The quantitative estimate of drug-likeness (QED) is 0.795. The number of imidazole rings is 1. The van der Waals surface area contributed by atoms with Crippen molar-refractivity contribution < 1.29 is 4.79 Å². The molecule has 6 nitrogen and oxygen atoms in total.